The van der Waals surface area contributed by atoms with Crippen LogP contribution in [-0.2, 0) is 24.1 Å². The van der Waals surface area contributed by atoms with Crippen LogP contribution in [0.1, 0.15) is 47.1 Å². The second-order valence-corrected chi connectivity index (χ2v) is 11.4. The van der Waals surface area contributed by atoms with Gasteiger partial charge in [0, 0.05) is 23.4 Å². The average Bonchev–Trinajstić information content (AvgIpc) is 3.23. The van der Waals surface area contributed by atoms with E-state index in [9.17, 15) is 4.79 Å². The fourth-order valence-corrected chi connectivity index (χ4v) is 7.20. The van der Waals surface area contributed by atoms with Gasteiger partial charge in [0.05, 0.1) is 35.9 Å². The molecule has 1 aliphatic carbocycles. The minimum atomic E-state index is -0.0956. The number of aromatic amines is 1. The van der Waals surface area contributed by atoms with Gasteiger partial charge in [-0.25, -0.2) is 15.0 Å². The lowest BCUT2D eigenvalue weighted by molar-refractivity contribution is 0.0330. The Bertz CT molecular complexity index is 1410. The summed E-state index contributed by atoms with van der Waals surface area (Å²) in [5, 5.41) is 2.79. The number of ether oxygens (including phenoxy) is 1. The zero-order valence-corrected chi connectivity index (χ0v) is 20.8. The number of fused-ring (bicyclic) bond motifs is 4. The highest BCUT2D eigenvalue weighted by Crippen LogP contribution is 2.43. The van der Waals surface area contributed by atoms with Gasteiger partial charge in [0.15, 0.2) is 0 Å². The number of para-hydroxylation sites is 1. The van der Waals surface area contributed by atoms with Gasteiger partial charge < -0.3 is 9.72 Å². The van der Waals surface area contributed by atoms with Crippen LogP contribution in [-0.4, -0.2) is 51.1 Å². The molecule has 1 aliphatic heterocycles. The van der Waals surface area contributed by atoms with E-state index in [1.807, 2.05) is 35.6 Å². The van der Waals surface area contributed by atoms with Crippen molar-refractivity contribution in [2.45, 2.75) is 49.4 Å². The van der Waals surface area contributed by atoms with E-state index in [4.69, 9.17) is 19.7 Å². The third kappa shape index (κ3) is 4.26. The molecule has 1 aromatic carbocycles. The molecule has 6 rings (SSSR count). The smallest absolute Gasteiger partial charge is 0.258 e. The highest BCUT2D eigenvalue weighted by atomic mass is 32.2. The molecule has 0 unspecified atom stereocenters. The SMILES string of the molecule is C[C@H](Sc1nc(CN2CCOCC2)nc2sc3c(c12)CCCC3)c1nc2ccccc2c(=O)[nH]1. The number of thiophene rings is 1. The average molecular weight is 494 g/mol. The number of aromatic nitrogens is 4. The summed E-state index contributed by atoms with van der Waals surface area (Å²) in [6.45, 7) is 6.15. The Morgan fingerprint density at radius 3 is 2.85 bits per heavy atom. The molecule has 9 heteroatoms. The number of nitrogens with one attached hydrogen (secondary N) is 1. The molecule has 7 nitrogen and oxygen atoms in total. The topological polar surface area (TPSA) is 84.0 Å². The predicted octanol–water partition coefficient (Wildman–Crippen LogP) is 4.49. The first-order valence-corrected chi connectivity index (χ1v) is 13.6. The molecule has 1 atom stereocenters. The molecule has 1 saturated heterocycles. The lowest BCUT2D eigenvalue weighted by Gasteiger charge is -2.26. The highest BCUT2D eigenvalue weighted by Gasteiger charge is 2.24. The monoisotopic (exact) mass is 493 g/mol. The molecule has 4 aromatic rings. The predicted molar refractivity (Wildman–Crippen MR) is 137 cm³/mol. The van der Waals surface area contributed by atoms with Crippen LogP contribution in [0.5, 0.6) is 0 Å². The molecule has 0 saturated carbocycles. The largest absolute Gasteiger partial charge is 0.379 e. The number of morpholine rings is 1. The lowest BCUT2D eigenvalue weighted by Crippen LogP contribution is -2.36. The third-order valence-electron chi connectivity index (χ3n) is 6.60. The molecule has 176 valence electrons. The van der Waals surface area contributed by atoms with E-state index in [-0.39, 0.29) is 10.8 Å². The molecule has 0 bridgehead atoms. The van der Waals surface area contributed by atoms with Crippen molar-refractivity contribution in [2.24, 2.45) is 0 Å². The van der Waals surface area contributed by atoms with Crippen LogP contribution in [0.3, 0.4) is 0 Å². The van der Waals surface area contributed by atoms with Crippen LogP contribution in [0.25, 0.3) is 21.1 Å². The van der Waals surface area contributed by atoms with Gasteiger partial charge in [0.1, 0.15) is 21.5 Å². The van der Waals surface area contributed by atoms with Crippen molar-refractivity contribution in [2.75, 3.05) is 26.3 Å². The van der Waals surface area contributed by atoms with Crippen molar-refractivity contribution < 1.29 is 4.74 Å². The van der Waals surface area contributed by atoms with E-state index in [0.29, 0.717) is 11.2 Å². The summed E-state index contributed by atoms with van der Waals surface area (Å²) in [4.78, 5) is 35.4. The van der Waals surface area contributed by atoms with Gasteiger partial charge in [-0.2, -0.15) is 0 Å². The summed E-state index contributed by atoms with van der Waals surface area (Å²) in [5.41, 5.74) is 2.06. The van der Waals surface area contributed by atoms with Crippen molar-refractivity contribution in [3.63, 3.8) is 0 Å². The molecule has 1 N–H and O–H groups in total. The van der Waals surface area contributed by atoms with Crippen LogP contribution >= 0.6 is 23.1 Å². The summed E-state index contributed by atoms with van der Waals surface area (Å²) >= 11 is 3.51. The summed E-state index contributed by atoms with van der Waals surface area (Å²) < 4.78 is 5.51. The maximum Gasteiger partial charge on any atom is 0.258 e. The van der Waals surface area contributed by atoms with E-state index < -0.39 is 0 Å². The minimum Gasteiger partial charge on any atom is -0.379 e. The van der Waals surface area contributed by atoms with Gasteiger partial charge in [0.25, 0.3) is 5.56 Å². The Morgan fingerprint density at radius 2 is 1.97 bits per heavy atom. The third-order valence-corrected chi connectivity index (χ3v) is 8.88. The van der Waals surface area contributed by atoms with Crippen LogP contribution in [0.2, 0.25) is 0 Å². The van der Waals surface area contributed by atoms with E-state index in [1.54, 1.807) is 11.8 Å². The first-order chi connectivity index (χ1) is 16.7. The van der Waals surface area contributed by atoms with E-state index in [0.717, 1.165) is 66.9 Å². The van der Waals surface area contributed by atoms with Gasteiger partial charge in [-0.1, -0.05) is 23.9 Å². The molecule has 2 aliphatic rings. The van der Waals surface area contributed by atoms with Crippen molar-refractivity contribution in [1.82, 2.24) is 24.8 Å². The summed E-state index contributed by atoms with van der Waals surface area (Å²) in [7, 11) is 0. The van der Waals surface area contributed by atoms with Crippen molar-refractivity contribution in [3.8, 4) is 0 Å². The number of nitrogens with zero attached hydrogens (tertiary/aromatic N) is 4. The maximum atomic E-state index is 12.7. The van der Waals surface area contributed by atoms with E-state index in [2.05, 4.69) is 16.8 Å². The summed E-state index contributed by atoms with van der Waals surface area (Å²) in [6, 6.07) is 7.49. The zero-order valence-electron chi connectivity index (χ0n) is 19.2. The van der Waals surface area contributed by atoms with Crippen LogP contribution in [0.4, 0.5) is 0 Å². The lowest BCUT2D eigenvalue weighted by atomic mass is 9.97. The molecular formula is C25H27N5O2S2. The number of hydrogen-bond donors (Lipinski definition) is 1. The molecular weight excluding hydrogens is 466 g/mol. The second kappa shape index (κ2) is 9.37. The maximum absolute atomic E-state index is 12.7. The molecule has 0 amide bonds. The molecule has 1 fully saturated rings. The highest BCUT2D eigenvalue weighted by molar-refractivity contribution is 7.99. The fourth-order valence-electron chi connectivity index (χ4n) is 4.80. The Balaban J connectivity index is 1.39. The number of benzene rings is 1. The number of thioether (sulfide) groups is 1. The number of aryl methyl sites for hydroxylation is 2. The zero-order chi connectivity index (χ0) is 23.1. The van der Waals surface area contributed by atoms with Crippen LogP contribution in [0.15, 0.2) is 34.1 Å². The van der Waals surface area contributed by atoms with Gasteiger partial charge in [0.2, 0.25) is 0 Å². The van der Waals surface area contributed by atoms with Gasteiger partial charge in [-0.05, 0) is 50.3 Å². The normalized spacial score (nSPS) is 17.8. The van der Waals surface area contributed by atoms with Gasteiger partial charge >= 0.3 is 0 Å². The number of hydrogen-bond acceptors (Lipinski definition) is 8. The van der Waals surface area contributed by atoms with E-state index in [1.165, 1.54) is 28.7 Å². The number of rotatable bonds is 5. The number of H-pyrrole nitrogens is 1. The Labute approximate surface area is 206 Å². The van der Waals surface area contributed by atoms with Crippen molar-refractivity contribution in [3.05, 3.63) is 56.7 Å². The second-order valence-electron chi connectivity index (χ2n) is 8.95. The Hall–Kier alpha value is -2.33. The minimum absolute atomic E-state index is 0.0502. The fraction of sp³-hybridized carbons (Fsp3) is 0.440. The first-order valence-electron chi connectivity index (χ1n) is 11.9. The molecule has 3 aromatic heterocycles. The van der Waals surface area contributed by atoms with Crippen molar-refractivity contribution >= 4 is 44.2 Å². The Kier molecular flexibility index (Phi) is 6.11. The van der Waals surface area contributed by atoms with Crippen LogP contribution in [0, 0.1) is 0 Å². The molecule has 4 heterocycles. The first kappa shape index (κ1) is 22.2. The standard InChI is InChI=1S/C25H27N5O2S2/c1-15(22-26-18-8-4-2-6-16(18)23(31)29-22)33-24-21-17-7-3-5-9-19(17)34-25(21)28-20(27-24)14-30-10-12-32-13-11-30/h2,4,6,8,15H,3,5,7,9-14H2,1H3,(H,26,29,31)/t15-/m0/s1. The van der Waals surface area contributed by atoms with Crippen LogP contribution < -0.4 is 5.56 Å². The van der Waals surface area contributed by atoms with Gasteiger partial charge in [-0.3, -0.25) is 9.69 Å². The molecule has 34 heavy (non-hydrogen) atoms. The quantitative estimate of drug-likeness (QED) is 0.324. The van der Waals surface area contributed by atoms with Crippen molar-refractivity contribution in [1.29, 1.82) is 0 Å². The molecule has 0 radical (unpaired) electrons. The summed E-state index contributed by atoms with van der Waals surface area (Å²) in [5.74, 6) is 1.54. The molecule has 0 spiro atoms. The Morgan fingerprint density at radius 1 is 1.15 bits per heavy atom. The summed E-state index contributed by atoms with van der Waals surface area (Å²) in [6.07, 6.45) is 4.69. The van der Waals surface area contributed by atoms with E-state index >= 15 is 0 Å². The van der Waals surface area contributed by atoms with Gasteiger partial charge in [-0.15, -0.1) is 11.3 Å².